The minimum Gasteiger partial charge on any atom is -0.334 e. The normalized spacial score (nSPS) is 18.3. The first-order valence-corrected chi connectivity index (χ1v) is 10.1. The predicted octanol–water partition coefficient (Wildman–Crippen LogP) is 4.70. The molecule has 2 atom stereocenters. The van der Waals surface area contributed by atoms with Crippen molar-refractivity contribution >= 4 is 33.2 Å². The van der Waals surface area contributed by atoms with Crippen molar-refractivity contribution in [3.63, 3.8) is 0 Å². The van der Waals surface area contributed by atoms with E-state index in [0.717, 1.165) is 23.9 Å². The van der Waals surface area contributed by atoms with E-state index in [4.69, 9.17) is 0 Å². The second-order valence-electron chi connectivity index (χ2n) is 6.18. The Morgan fingerprint density at radius 3 is 2.96 bits per heavy atom. The van der Waals surface area contributed by atoms with Crippen LogP contribution >= 0.6 is 27.3 Å². The molecule has 2 unspecified atom stereocenters. The van der Waals surface area contributed by atoms with Gasteiger partial charge in [0.25, 0.3) is 0 Å². The van der Waals surface area contributed by atoms with Gasteiger partial charge in [0.1, 0.15) is 0 Å². The van der Waals surface area contributed by atoms with Gasteiger partial charge in [-0.3, -0.25) is 4.79 Å². The van der Waals surface area contributed by atoms with Crippen molar-refractivity contribution in [2.75, 3.05) is 13.1 Å². The van der Waals surface area contributed by atoms with Gasteiger partial charge in [0, 0.05) is 21.9 Å². The Bertz CT molecular complexity index is 715. The van der Waals surface area contributed by atoms with Gasteiger partial charge < -0.3 is 10.2 Å². The lowest BCUT2D eigenvalue weighted by molar-refractivity contribution is -0.133. The highest BCUT2D eigenvalue weighted by Gasteiger charge is 2.30. The Labute approximate surface area is 156 Å². The molecule has 1 aromatic carbocycles. The standard InChI is InChI=1S/C19H23BrN2OS/c1-3-17-15-9-11-24-18(15)8-10-22(17)19(23)12-21-13(2)14-6-4-5-7-16(14)20/h4-7,9,11,13,17,21H,3,8,10,12H2,1-2H3. The molecule has 0 fully saturated rings. The molecule has 3 rings (SSSR count). The average molecular weight is 407 g/mol. The first kappa shape index (κ1) is 17.6. The molecule has 0 saturated carbocycles. The first-order valence-electron chi connectivity index (χ1n) is 8.45. The van der Waals surface area contributed by atoms with E-state index >= 15 is 0 Å². The zero-order valence-electron chi connectivity index (χ0n) is 14.1. The number of rotatable bonds is 5. The number of hydrogen-bond acceptors (Lipinski definition) is 3. The van der Waals surface area contributed by atoms with E-state index in [-0.39, 0.29) is 18.0 Å². The lowest BCUT2D eigenvalue weighted by atomic mass is 9.97. The number of halogens is 1. The van der Waals surface area contributed by atoms with Crippen molar-refractivity contribution in [3.05, 3.63) is 56.2 Å². The summed E-state index contributed by atoms with van der Waals surface area (Å²) < 4.78 is 1.07. The van der Waals surface area contributed by atoms with Crippen molar-refractivity contribution in [3.8, 4) is 0 Å². The Hall–Kier alpha value is -1.17. The van der Waals surface area contributed by atoms with E-state index in [2.05, 4.69) is 57.5 Å². The molecular weight excluding hydrogens is 384 g/mol. The smallest absolute Gasteiger partial charge is 0.237 e. The number of thiophene rings is 1. The van der Waals surface area contributed by atoms with Crippen LogP contribution in [0.3, 0.4) is 0 Å². The fourth-order valence-electron chi connectivity index (χ4n) is 3.41. The van der Waals surface area contributed by atoms with Gasteiger partial charge in [-0.15, -0.1) is 11.3 Å². The Morgan fingerprint density at radius 2 is 2.21 bits per heavy atom. The fourth-order valence-corrected chi connectivity index (χ4v) is 4.97. The monoisotopic (exact) mass is 406 g/mol. The lowest BCUT2D eigenvalue weighted by Crippen LogP contribution is -2.44. The van der Waals surface area contributed by atoms with Gasteiger partial charge >= 0.3 is 0 Å². The second kappa shape index (κ2) is 7.81. The van der Waals surface area contributed by atoms with Crippen LogP contribution in [0, 0.1) is 0 Å². The van der Waals surface area contributed by atoms with Crippen LogP contribution in [-0.4, -0.2) is 23.9 Å². The van der Waals surface area contributed by atoms with E-state index in [0.29, 0.717) is 6.54 Å². The largest absolute Gasteiger partial charge is 0.334 e. The minimum atomic E-state index is 0.131. The summed E-state index contributed by atoms with van der Waals surface area (Å²) in [6.45, 7) is 5.46. The first-order chi connectivity index (χ1) is 11.6. The summed E-state index contributed by atoms with van der Waals surface area (Å²) in [4.78, 5) is 16.3. The predicted molar refractivity (Wildman–Crippen MR) is 103 cm³/mol. The van der Waals surface area contributed by atoms with Crippen LogP contribution in [0.5, 0.6) is 0 Å². The van der Waals surface area contributed by atoms with E-state index in [1.54, 1.807) is 0 Å². The topological polar surface area (TPSA) is 32.3 Å². The van der Waals surface area contributed by atoms with E-state index in [1.165, 1.54) is 16.0 Å². The third-order valence-corrected chi connectivity index (χ3v) is 6.45. The number of carbonyl (C=O) groups is 1. The number of hydrogen-bond donors (Lipinski definition) is 1. The molecule has 0 saturated heterocycles. The molecule has 2 aromatic rings. The second-order valence-corrected chi connectivity index (χ2v) is 8.04. The highest BCUT2D eigenvalue weighted by atomic mass is 79.9. The third kappa shape index (κ3) is 3.58. The molecule has 3 nitrogen and oxygen atoms in total. The summed E-state index contributed by atoms with van der Waals surface area (Å²) in [5, 5.41) is 5.53. The molecule has 1 amide bonds. The molecule has 1 aliphatic heterocycles. The van der Waals surface area contributed by atoms with Crippen molar-refractivity contribution in [2.24, 2.45) is 0 Å². The van der Waals surface area contributed by atoms with Gasteiger partial charge in [-0.1, -0.05) is 41.1 Å². The number of nitrogens with one attached hydrogen (secondary N) is 1. The molecule has 2 heterocycles. The van der Waals surface area contributed by atoms with Gasteiger partial charge in [0.05, 0.1) is 12.6 Å². The van der Waals surface area contributed by atoms with Crippen LogP contribution in [0.2, 0.25) is 0 Å². The van der Waals surface area contributed by atoms with Crippen LogP contribution in [0.4, 0.5) is 0 Å². The lowest BCUT2D eigenvalue weighted by Gasteiger charge is -2.36. The van der Waals surface area contributed by atoms with Gasteiger partial charge in [-0.2, -0.15) is 0 Å². The summed E-state index contributed by atoms with van der Waals surface area (Å²) in [7, 11) is 0. The van der Waals surface area contributed by atoms with Crippen molar-refractivity contribution in [1.82, 2.24) is 10.2 Å². The molecule has 0 radical (unpaired) electrons. The number of amides is 1. The highest BCUT2D eigenvalue weighted by Crippen LogP contribution is 2.35. The molecule has 0 aliphatic carbocycles. The van der Waals surface area contributed by atoms with E-state index in [9.17, 15) is 4.79 Å². The number of nitrogens with zero attached hydrogens (tertiary/aromatic N) is 1. The Balaban J connectivity index is 1.64. The summed E-state index contributed by atoms with van der Waals surface area (Å²) in [5.41, 5.74) is 2.53. The van der Waals surface area contributed by atoms with Gasteiger partial charge in [0.15, 0.2) is 0 Å². The molecule has 0 spiro atoms. The molecule has 1 N–H and O–H groups in total. The maximum Gasteiger partial charge on any atom is 0.237 e. The van der Waals surface area contributed by atoms with Crippen LogP contribution in [0.15, 0.2) is 40.2 Å². The summed E-state index contributed by atoms with van der Waals surface area (Å²) in [6, 6.07) is 10.7. The quantitative estimate of drug-likeness (QED) is 0.780. The van der Waals surface area contributed by atoms with Crippen molar-refractivity contribution in [2.45, 2.75) is 38.8 Å². The van der Waals surface area contributed by atoms with Crippen molar-refractivity contribution in [1.29, 1.82) is 0 Å². The van der Waals surface area contributed by atoms with Crippen LogP contribution in [0.25, 0.3) is 0 Å². The maximum atomic E-state index is 12.8. The zero-order chi connectivity index (χ0) is 17.1. The minimum absolute atomic E-state index is 0.131. The number of fused-ring (bicyclic) bond motifs is 1. The summed E-state index contributed by atoms with van der Waals surface area (Å²) in [5.74, 6) is 0.192. The maximum absolute atomic E-state index is 12.8. The number of benzene rings is 1. The molecule has 0 bridgehead atoms. The summed E-state index contributed by atoms with van der Waals surface area (Å²) in [6.07, 6.45) is 1.95. The molecule has 5 heteroatoms. The molecular formula is C19H23BrN2OS. The van der Waals surface area contributed by atoms with Crippen LogP contribution in [-0.2, 0) is 11.2 Å². The van der Waals surface area contributed by atoms with Gasteiger partial charge in [0.2, 0.25) is 5.91 Å². The Morgan fingerprint density at radius 1 is 1.42 bits per heavy atom. The average Bonchev–Trinajstić information content (AvgIpc) is 3.07. The Kier molecular flexibility index (Phi) is 5.74. The molecule has 1 aromatic heterocycles. The summed E-state index contributed by atoms with van der Waals surface area (Å²) >= 11 is 5.40. The van der Waals surface area contributed by atoms with Gasteiger partial charge in [-0.05, 0) is 48.4 Å². The van der Waals surface area contributed by atoms with E-state index in [1.807, 2.05) is 29.5 Å². The third-order valence-electron chi connectivity index (χ3n) is 4.73. The SMILES string of the molecule is CCC1c2ccsc2CCN1C(=O)CNC(C)c1ccccc1Br. The fraction of sp³-hybridized carbons (Fsp3) is 0.421. The molecule has 24 heavy (non-hydrogen) atoms. The van der Waals surface area contributed by atoms with Gasteiger partial charge in [-0.25, -0.2) is 0 Å². The molecule has 1 aliphatic rings. The van der Waals surface area contributed by atoms with Crippen molar-refractivity contribution < 1.29 is 4.79 Å². The van der Waals surface area contributed by atoms with Crippen LogP contribution < -0.4 is 5.32 Å². The zero-order valence-corrected chi connectivity index (χ0v) is 16.5. The van der Waals surface area contributed by atoms with Crippen LogP contribution in [0.1, 0.15) is 48.4 Å². The highest BCUT2D eigenvalue weighted by molar-refractivity contribution is 9.10. The van der Waals surface area contributed by atoms with E-state index < -0.39 is 0 Å². The number of carbonyl (C=O) groups excluding carboxylic acids is 1. The molecule has 128 valence electrons.